The van der Waals surface area contributed by atoms with Crippen molar-refractivity contribution < 1.29 is 0 Å². The molecule has 0 saturated carbocycles. The number of aryl methyl sites for hydroxylation is 2. The van der Waals surface area contributed by atoms with Crippen molar-refractivity contribution in [2.24, 2.45) is 4.99 Å². The van der Waals surface area contributed by atoms with E-state index in [1.54, 1.807) is 0 Å². The zero-order chi connectivity index (χ0) is 16.1. The highest BCUT2D eigenvalue weighted by molar-refractivity contribution is 5.85. The van der Waals surface area contributed by atoms with E-state index in [1.807, 2.05) is 0 Å². The number of hydrogen-bond acceptors (Lipinski definition) is 1. The van der Waals surface area contributed by atoms with Crippen LogP contribution < -0.4 is 0 Å². The Morgan fingerprint density at radius 3 is 2.17 bits per heavy atom. The molecule has 3 rings (SSSR count). The lowest BCUT2D eigenvalue weighted by Crippen LogP contribution is -2.19. The molecule has 1 heterocycles. The van der Waals surface area contributed by atoms with Crippen molar-refractivity contribution in [1.29, 1.82) is 0 Å². The zero-order valence-electron chi connectivity index (χ0n) is 14.6. The number of amidine groups is 1. The average Bonchev–Trinajstić information content (AvgIpc) is 2.99. The molecule has 1 aliphatic rings. The third-order valence-corrected chi connectivity index (χ3v) is 4.68. The molecule has 0 aliphatic carbocycles. The van der Waals surface area contributed by atoms with E-state index in [0.29, 0.717) is 0 Å². The highest BCUT2D eigenvalue weighted by Crippen LogP contribution is 2.21. The fraction of sp³-hybridized carbons (Fsp3) is 0.381. The van der Waals surface area contributed by atoms with Crippen molar-refractivity contribution in [2.75, 3.05) is 13.6 Å². The van der Waals surface area contributed by atoms with Crippen LogP contribution in [0.15, 0.2) is 59.6 Å². The Balaban J connectivity index is 0.00000208. The molecule has 0 aromatic heterocycles. The number of nitrogens with zero attached hydrogens (tertiary/aromatic N) is 2. The first-order valence-electron chi connectivity index (χ1n) is 8.63. The van der Waals surface area contributed by atoms with Gasteiger partial charge in [0.25, 0.3) is 0 Å². The van der Waals surface area contributed by atoms with Gasteiger partial charge in [-0.2, -0.15) is 0 Å². The van der Waals surface area contributed by atoms with Gasteiger partial charge >= 0.3 is 0 Å². The highest BCUT2D eigenvalue weighted by Gasteiger charge is 2.15. The molecular formula is C21H27ClN2. The standard InChI is InChI=1S/C21H26N2.ClH/c1-17(22-21-9-6-16-23(21)2)20-14-12-19(13-15-20)11-10-18-7-4-3-5-8-18;/h3-5,7-8,12-15,17H,6,9-11,16H2,1-2H3;1H. The van der Waals surface area contributed by atoms with Crippen molar-refractivity contribution in [3.05, 3.63) is 71.3 Å². The topological polar surface area (TPSA) is 15.6 Å². The normalized spacial score (nSPS) is 16.9. The van der Waals surface area contributed by atoms with Gasteiger partial charge in [0, 0.05) is 20.0 Å². The summed E-state index contributed by atoms with van der Waals surface area (Å²) < 4.78 is 0. The minimum absolute atomic E-state index is 0. The second-order valence-corrected chi connectivity index (χ2v) is 6.47. The van der Waals surface area contributed by atoms with Crippen LogP contribution >= 0.6 is 12.4 Å². The van der Waals surface area contributed by atoms with Crippen LogP contribution in [0.2, 0.25) is 0 Å². The molecule has 1 atom stereocenters. The number of halogens is 1. The molecule has 2 nitrogen and oxygen atoms in total. The van der Waals surface area contributed by atoms with Crippen LogP contribution in [0.1, 0.15) is 42.5 Å². The summed E-state index contributed by atoms with van der Waals surface area (Å²) in [5.74, 6) is 1.26. The molecule has 2 aromatic carbocycles. The van der Waals surface area contributed by atoms with Crippen molar-refractivity contribution in [1.82, 2.24) is 4.90 Å². The van der Waals surface area contributed by atoms with E-state index >= 15 is 0 Å². The maximum Gasteiger partial charge on any atom is 0.0994 e. The number of aliphatic imine (C=N–C) groups is 1. The van der Waals surface area contributed by atoms with Gasteiger partial charge in [0.2, 0.25) is 0 Å². The Kier molecular flexibility index (Phi) is 6.86. The molecule has 1 saturated heterocycles. The van der Waals surface area contributed by atoms with Crippen LogP contribution in [0, 0.1) is 0 Å². The molecule has 0 N–H and O–H groups in total. The van der Waals surface area contributed by atoms with E-state index in [-0.39, 0.29) is 18.4 Å². The van der Waals surface area contributed by atoms with E-state index in [9.17, 15) is 0 Å². The quantitative estimate of drug-likeness (QED) is 0.739. The Morgan fingerprint density at radius 2 is 1.58 bits per heavy atom. The maximum atomic E-state index is 4.89. The van der Waals surface area contributed by atoms with Gasteiger partial charge in [-0.05, 0) is 42.9 Å². The lowest BCUT2D eigenvalue weighted by atomic mass is 10.0. The van der Waals surface area contributed by atoms with E-state index in [1.165, 1.54) is 28.9 Å². The molecule has 0 spiro atoms. The minimum atomic E-state index is 0. The molecule has 0 bridgehead atoms. The van der Waals surface area contributed by atoms with Crippen molar-refractivity contribution in [3.63, 3.8) is 0 Å². The van der Waals surface area contributed by atoms with Crippen molar-refractivity contribution >= 4 is 18.2 Å². The second kappa shape index (κ2) is 8.89. The van der Waals surface area contributed by atoms with Gasteiger partial charge in [-0.25, -0.2) is 0 Å². The van der Waals surface area contributed by atoms with Crippen LogP contribution in [0.4, 0.5) is 0 Å². The lowest BCUT2D eigenvalue weighted by molar-refractivity contribution is 0.544. The molecule has 1 unspecified atom stereocenters. The largest absolute Gasteiger partial charge is 0.363 e. The van der Waals surface area contributed by atoms with Gasteiger partial charge in [-0.3, -0.25) is 4.99 Å². The molecule has 1 fully saturated rings. The Hall–Kier alpha value is -1.80. The van der Waals surface area contributed by atoms with Crippen molar-refractivity contribution in [3.8, 4) is 0 Å². The SMILES string of the molecule is CC(N=C1CCCN1C)c1ccc(CCc2ccccc2)cc1.Cl. The third kappa shape index (κ3) is 4.85. The van der Waals surface area contributed by atoms with Gasteiger partial charge in [0.15, 0.2) is 0 Å². The molecule has 0 amide bonds. The third-order valence-electron chi connectivity index (χ3n) is 4.68. The summed E-state index contributed by atoms with van der Waals surface area (Å²) in [6, 6.07) is 19.9. The van der Waals surface area contributed by atoms with Gasteiger partial charge in [-0.15, -0.1) is 12.4 Å². The first kappa shape index (κ1) is 18.5. The molecular weight excluding hydrogens is 316 g/mol. The Labute approximate surface area is 152 Å². The number of likely N-dealkylation sites (tertiary alicyclic amines) is 1. The Morgan fingerprint density at radius 1 is 0.958 bits per heavy atom. The monoisotopic (exact) mass is 342 g/mol. The highest BCUT2D eigenvalue weighted by atomic mass is 35.5. The van der Waals surface area contributed by atoms with Gasteiger partial charge in [0.1, 0.15) is 0 Å². The summed E-state index contributed by atoms with van der Waals surface area (Å²) >= 11 is 0. The van der Waals surface area contributed by atoms with E-state index in [2.05, 4.69) is 73.5 Å². The fourth-order valence-corrected chi connectivity index (χ4v) is 3.15. The number of hydrogen-bond donors (Lipinski definition) is 0. The zero-order valence-corrected chi connectivity index (χ0v) is 15.4. The predicted molar refractivity (Wildman–Crippen MR) is 105 cm³/mol. The van der Waals surface area contributed by atoms with E-state index < -0.39 is 0 Å². The summed E-state index contributed by atoms with van der Waals surface area (Å²) in [6.07, 6.45) is 4.55. The summed E-state index contributed by atoms with van der Waals surface area (Å²) in [4.78, 5) is 7.18. The van der Waals surface area contributed by atoms with Gasteiger partial charge < -0.3 is 4.90 Å². The van der Waals surface area contributed by atoms with Crippen LogP contribution in [0.25, 0.3) is 0 Å². The second-order valence-electron chi connectivity index (χ2n) is 6.47. The first-order valence-corrected chi connectivity index (χ1v) is 8.63. The molecule has 24 heavy (non-hydrogen) atoms. The summed E-state index contributed by atoms with van der Waals surface area (Å²) in [7, 11) is 2.14. The van der Waals surface area contributed by atoms with E-state index in [0.717, 1.165) is 25.8 Å². The van der Waals surface area contributed by atoms with Crippen LogP contribution in [-0.4, -0.2) is 24.3 Å². The number of rotatable bonds is 5. The van der Waals surface area contributed by atoms with E-state index in [4.69, 9.17) is 4.99 Å². The van der Waals surface area contributed by atoms with Crippen LogP contribution in [-0.2, 0) is 12.8 Å². The molecule has 0 radical (unpaired) electrons. The molecule has 1 aliphatic heterocycles. The van der Waals surface area contributed by atoms with Gasteiger partial charge in [0.05, 0.1) is 11.9 Å². The predicted octanol–water partition coefficient (Wildman–Crippen LogP) is 5.08. The lowest BCUT2D eigenvalue weighted by Gasteiger charge is -2.15. The first-order chi connectivity index (χ1) is 11.2. The smallest absolute Gasteiger partial charge is 0.0994 e. The maximum absolute atomic E-state index is 4.89. The van der Waals surface area contributed by atoms with Crippen LogP contribution in [0.3, 0.4) is 0 Å². The average molecular weight is 343 g/mol. The number of benzene rings is 2. The summed E-state index contributed by atoms with van der Waals surface area (Å²) in [6.45, 7) is 3.34. The molecule has 128 valence electrons. The fourth-order valence-electron chi connectivity index (χ4n) is 3.15. The summed E-state index contributed by atoms with van der Waals surface area (Å²) in [5, 5.41) is 0. The Bertz CT molecular complexity index is 649. The summed E-state index contributed by atoms with van der Waals surface area (Å²) in [5.41, 5.74) is 4.11. The van der Waals surface area contributed by atoms with Crippen LogP contribution in [0.5, 0.6) is 0 Å². The molecule has 2 aromatic rings. The van der Waals surface area contributed by atoms with Crippen molar-refractivity contribution in [2.45, 2.75) is 38.6 Å². The van der Waals surface area contributed by atoms with Gasteiger partial charge in [-0.1, -0.05) is 54.6 Å². The minimum Gasteiger partial charge on any atom is -0.363 e. The molecule has 3 heteroatoms.